The second kappa shape index (κ2) is 9.54. The number of methoxy groups -OCH3 is 1. The molecule has 0 aliphatic carbocycles. The van der Waals surface area contributed by atoms with E-state index in [0.717, 1.165) is 9.87 Å². The van der Waals surface area contributed by atoms with Crippen molar-refractivity contribution in [3.63, 3.8) is 0 Å². The Labute approximate surface area is 164 Å². The normalized spacial score (nSPS) is 12.4. The lowest BCUT2D eigenvalue weighted by Crippen LogP contribution is -2.42. The highest BCUT2D eigenvalue weighted by Crippen LogP contribution is 2.26. The maximum Gasteiger partial charge on any atom is 0.317 e. The molecular formula is C19H24N2O6S. The Morgan fingerprint density at radius 1 is 1.14 bits per heavy atom. The first-order valence-electron chi connectivity index (χ1n) is 8.58. The third-order valence-corrected chi connectivity index (χ3v) is 5.81. The van der Waals surface area contributed by atoms with Crippen LogP contribution in [0.25, 0.3) is 0 Å². The van der Waals surface area contributed by atoms with E-state index in [1.807, 2.05) is 6.92 Å². The number of anilines is 1. The molecule has 0 aliphatic rings. The number of carboxylic acids is 1. The lowest BCUT2D eigenvalue weighted by molar-refractivity contribution is -0.136. The van der Waals surface area contributed by atoms with Gasteiger partial charge in [-0.25, -0.2) is 8.42 Å². The molecule has 0 aromatic heterocycles. The zero-order chi connectivity index (χ0) is 20.7. The minimum atomic E-state index is -3.94. The van der Waals surface area contributed by atoms with Gasteiger partial charge in [0.15, 0.2) is 0 Å². The van der Waals surface area contributed by atoms with Crippen LogP contribution in [-0.2, 0) is 14.8 Å². The topological polar surface area (TPSA) is 116 Å². The van der Waals surface area contributed by atoms with E-state index >= 15 is 0 Å². The molecule has 0 saturated heterocycles. The number of carboxylic acid groups (broad SMARTS) is 1. The molecule has 2 rings (SSSR count). The van der Waals surface area contributed by atoms with Crippen molar-refractivity contribution in [1.82, 2.24) is 5.32 Å². The summed E-state index contributed by atoms with van der Waals surface area (Å²) >= 11 is 0. The van der Waals surface area contributed by atoms with Gasteiger partial charge in [0.1, 0.15) is 5.75 Å². The molecule has 0 saturated carbocycles. The number of aliphatic hydroxyl groups is 1. The predicted molar refractivity (Wildman–Crippen MR) is 105 cm³/mol. The highest BCUT2D eigenvalue weighted by molar-refractivity contribution is 7.92. The summed E-state index contributed by atoms with van der Waals surface area (Å²) in [6.45, 7) is 1.22. The number of hydrogen-bond acceptors (Lipinski definition) is 6. The monoisotopic (exact) mass is 408 g/mol. The van der Waals surface area contributed by atoms with E-state index in [9.17, 15) is 18.3 Å². The molecule has 2 aromatic carbocycles. The van der Waals surface area contributed by atoms with Crippen LogP contribution < -0.4 is 14.4 Å². The minimum absolute atomic E-state index is 0.0671. The fourth-order valence-corrected chi connectivity index (χ4v) is 4.03. The summed E-state index contributed by atoms with van der Waals surface area (Å²) in [5.74, 6) is -0.494. The van der Waals surface area contributed by atoms with E-state index in [-0.39, 0.29) is 24.5 Å². The molecule has 152 valence electrons. The van der Waals surface area contributed by atoms with Gasteiger partial charge in [-0.2, -0.15) is 0 Å². The van der Waals surface area contributed by atoms with E-state index in [1.165, 1.54) is 19.2 Å². The number of aliphatic carboxylic acids is 1. The Balaban J connectivity index is 2.31. The van der Waals surface area contributed by atoms with Crippen molar-refractivity contribution in [2.24, 2.45) is 0 Å². The zero-order valence-electron chi connectivity index (χ0n) is 15.7. The van der Waals surface area contributed by atoms with Crippen molar-refractivity contribution < 1.29 is 28.2 Å². The first-order valence-corrected chi connectivity index (χ1v) is 10.0. The fraction of sp³-hybridized carbons (Fsp3) is 0.316. The van der Waals surface area contributed by atoms with Crippen molar-refractivity contribution in [1.29, 1.82) is 0 Å². The number of benzene rings is 2. The second-order valence-corrected chi connectivity index (χ2v) is 8.09. The van der Waals surface area contributed by atoms with Gasteiger partial charge < -0.3 is 20.3 Å². The third kappa shape index (κ3) is 5.69. The van der Waals surface area contributed by atoms with Gasteiger partial charge in [-0.05, 0) is 43.3 Å². The molecule has 0 unspecified atom stereocenters. The number of carbonyl (C=O) groups is 1. The summed E-state index contributed by atoms with van der Waals surface area (Å²) in [5.41, 5.74) is 1.28. The average Bonchev–Trinajstić information content (AvgIpc) is 2.66. The van der Waals surface area contributed by atoms with Gasteiger partial charge in [0.05, 0.1) is 36.9 Å². The van der Waals surface area contributed by atoms with Gasteiger partial charge in [0.2, 0.25) is 0 Å². The Morgan fingerprint density at radius 2 is 1.75 bits per heavy atom. The molecule has 1 atom stereocenters. The van der Waals surface area contributed by atoms with Crippen LogP contribution in [-0.4, -0.2) is 57.4 Å². The van der Waals surface area contributed by atoms with Crippen molar-refractivity contribution in [2.45, 2.75) is 17.9 Å². The number of rotatable bonds is 10. The van der Waals surface area contributed by atoms with Crippen molar-refractivity contribution in [3.8, 4) is 5.75 Å². The molecular weight excluding hydrogens is 384 g/mol. The lowest BCUT2D eigenvalue weighted by atomic mass is 10.2. The molecule has 0 aliphatic heterocycles. The quantitative estimate of drug-likeness (QED) is 0.541. The first-order chi connectivity index (χ1) is 13.2. The number of nitrogens with zero attached hydrogens (tertiary/aromatic N) is 1. The minimum Gasteiger partial charge on any atom is -0.497 e. The van der Waals surface area contributed by atoms with E-state index in [0.29, 0.717) is 11.4 Å². The van der Waals surface area contributed by atoms with Crippen molar-refractivity contribution in [2.75, 3.05) is 31.0 Å². The van der Waals surface area contributed by atoms with E-state index in [2.05, 4.69) is 5.32 Å². The Morgan fingerprint density at radius 3 is 2.29 bits per heavy atom. The van der Waals surface area contributed by atoms with Crippen LogP contribution in [0, 0.1) is 6.92 Å². The molecule has 0 heterocycles. The Hall–Kier alpha value is -2.62. The molecule has 9 heteroatoms. The molecule has 0 radical (unpaired) electrons. The number of aryl methyl sites for hydroxylation is 1. The first kappa shape index (κ1) is 21.7. The van der Waals surface area contributed by atoms with Crippen LogP contribution in [0.1, 0.15) is 5.56 Å². The maximum absolute atomic E-state index is 13.2. The lowest BCUT2D eigenvalue weighted by Gasteiger charge is -2.27. The van der Waals surface area contributed by atoms with Gasteiger partial charge >= 0.3 is 5.97 Å². The predicted octanol–water partition coefficient (Wildman–Crippen LogP) is 1.23. The molecule has 0 amide bonds. The molecule has 0 bridgehead atoms. The summed E-state index contributed by atoms with van der Waals surface area (Å²) in [7, 11) is -2.43. The van der Waals surface area contributed by atoms with Crippen molar-refractivity contribution >= 4 is 21.7 Å². The molecule has 8 nitrogen and oxygen atoms in total. The summed E-state index contributed by atoms with van der Waals surface area (Å²) in [6.07, 6.45) is -1.11. The van der Waals surface area contributed by atoms with E-state index in [1.54, 1.807) is 36.4 Å². The van der Waals surface area contributed by atoms with E-state index < -0.39 is 22.1 Å². The van der Waals surface area contributed by atoms with Crippen LogP contribution >= 0.6 is 0 Å². The van der Waals surface area contributed by atoms with Crippen LogP contribution in [0.4, 0.5) is 5.69 Å². The summed E-state index contributed by atoms with van der Waals surface area (Å²) in [5, 5.41) is 21.5. The van der Waals surface area contributed by atoms with Gasteiger partial charge in [0, 0.05) is 6.54 Å². The largest absolute Gasteiger partial charge is 0.497 e. The third-order valence-electron chi connectivity index (χ3n) is 4.00. The maximum atomic E-state index is 13.2. The van der Waals surface area contributed by atoms with E-state index in [4.69, 9.17) is 9.84 Å². The number of nitrogens with one attached hydrogen (secondary N) is 1. The van der Waals surface area contributed by atoms with Crippen LogP contribution in [0.15, 0.2) is 53.4 Å². The zero-order valence-corrected chi connectivity index (χ0v) is 16.5. The van der Waals surface area contributed by atoms with Gasteiger partial charge in [0.25, 0.3) is 10.0 Å². The summed E-state index contributed by atoms with van der Waals surface area (Å²) < 4.78 is 32.6. The summed E-state index contributed by atoms with van der Waals surface area (Å²) in [4.78, 5) is 10.7. The van der Waals surface area contributed by atoms with Gasteiger partial charge in [-0.3, -0.25) is 9.10 Å². The number of sulfonamides is 1. The second-order valence-electron chi connectivity index (χ2n) is 6.23. The fourth-order valence-electron chi connectivity index (χ4n) is 2.53. The van der Waals surface area contributed by atoms with Crippen LogP contribution in [0.3, 0.4) is 0 Å². The number of ether oxygens (including phenoxy) is 1. The molecule has 0 spiro atoms. The Kier molecular flexibility index (Phi) is 7.38. The standard InChI is InChI=1S/C19H24N2O6S/c1-14-3-9-18(10-4-14)28(25,26)21(13-16(22)11-20-12-19(23)24)15-5-7-17(27-2)8-6-15/h3-10,16,20,22H,11-13H2,1-2H3,(H,23,24)/t16-/m1/s1. The highest BCUT2D eigenvalue weighted by atomic mass is 32.2. The summed E-state index contributed by atoms with van der Waals surface area (Å²) in [6, 6.07) is 12.8. The van der Waals surface area contributed by atoms with Gasteiger partial charge in [-0.15, -0.1) is 0 Å². The molecule has 3 N–H and O–H groups in total. The highest BCUT2D eigenvalue weighted by Gasteiger charge is 2.27. The average molecular weight is 408 g/mol. The van der Waals surface area contributed by atoms with Crippen molar-refractivity contribution in [3.05, 3.63) is 54.1 Å². The van der Waals surface area contributed by atoms with Crippen LogP contribution in [0.2, 0.25) is 0 Å². The SMILES string of the molecule is COc1ccc(N(C[C@H](O)CNCC(=O)O)S(=O)(=O)c2ccc(C)cc2)cc1. The number of aliphatic hydroxyl groups excluding tert-OH is 1. The van der Waals surface area contributed by atoms with Gasteiger partial charge in [-0.1, -0.05) is 17.7 Å². The molecule has 0 fully saturated rings. The molecule has 2 aromatic rings. The number of hydrogen-bond donors (Lipinski definition) is 3. The smallest absolute Gasteiger partial charge is 0.317 e. The Bertz CT molecular complexity index is 882. The molecule has 28 heavy (non-hydrogen) atoms. The van der Waals surface area contributed by atoms with Crippen LogP contribution in [0.5, 0.6) is 5.75 Å².